The van der Waals surface area contributed by atoms with Crippen molar-refractivity contribution in [3.05, 3.63) is 0 Å². The SMILES string of the molecule is CC#CCCC(=O)CCC1CCCNC1. The van der Waals surface area contributed by atoms with Gasteiger partial charge in [0.2, 0.25) is 0 Å². The van der Waals surface area contributed by atoms with Crippen molar-refractivity contribution < 1.29 is 4.79 Å². The monoisotopic (exact) mass is 207 g/mol. The summed E-state index contributed by atoms with van der Waals surface area (Å²) >= 11 is 0. The molecule has 1 atom stereocenters. The average Bonchev–Trinajstić information content (AvgIpc) is 2.28. The van der Waals surface area contributed by atoms with E-state index in [1.807, 2.05) is 6.92 Å². The van der Waals surface area contributed by atoms with Crippen molar-refractivity contribution in [2.75, 3.05) is 13.1 Å². The quantitative estimate of drug-likeness (QED) is 0.700. The van der Waals surface area contributed by atoms with Gasteiger partial charge in [-0.3, -0.25) is 4.79 Å². The molecule has 0 aromatic carbocycles. The number of rotatable bonds is 5. The van der Waals surface area contributed by atoms with Crippen LogP contribution in [-0.4, -0.2) is 18.9 Å². The van der Waals surface area contributed by atoms with Gasteiger partial charge in [-0.05, 0) is 45.2 Å². The molecule has 1 saturated heterocycles. The van der Waals surface area contributed by atoms with E-state index in [1.165, 1.54) is 12.8 Å². The molecule has 0 aromatic rings. The van der Waals surface area contributed by atoms with E-state index in [-0.39, 0.29) is 0 Å². The molecule has 0 spiro atoms. The molecule has 0 amide bonds. The summed E-state index contributed by atoms with van der Waals surface area (Å²) in [6.45, 7) is 4.07. The lowest BCUT2D eigenvalue weighted by atomic mass is 9.93. The standard InChI is InChI=1S/C13H21NO/c1-2-3-4-7-13(15)9-8-12-6-5-10-14-11-12/h12,14H,4-11H2,1H3. The number of hydrogen-bond acceptors (Lipinski definition) is 2. The summed E-state index contributed by atoms with van der Waals surface area (Å²) in [6, 6.07) is 0. The molecule has 15 heavy (non-hydrogen) atoms. The number of carbonyl (C=O) groups excluding carboxylic acids is 1. The molecular formula is C13H21NO. The molecule has 2 nitrogen and oxygen atoms in total. The Kier molecular flexibility index (Phi) is 6.11. The summed E-state index contributed by atoms with van der Waals surface area (Å²) in [5.41, 5.74) is 0. The lowest BCUT2D eigenvalue weighted by Gasteiger charge is -2.22. The van der Waals surface area contributed by atoms with Crippen LogP contribution in [0.1, 0.15) is 45.4 Å². The molecule has 0 radical (unpaired) electrons. The lowest BCUT2D eigenvalue weighted by molar-refractivity contribution is -0.119. The van der Waals surface area contributed by atoms with Crippen molar-refractivity contribution in [1.82, 2.24) is 5.32 Å². The van der Waals surface area contributed by atoms with Gasteiger partial charge in [0.05, 0.1) is 0 Å². The van der Waals surface area contributed by atoms with Gasteiger partial charge in [0.25, 0.3) is 0 Å². The van der Waals surface area contributed by atoms with Crippen molar-refractivity contribution in [1.29, 1.82) is 0 Å². The first kappa shape index (κ1) is 12.3. The summed E-state index contributed by atoms with van der Waals surface area (Å²) in [6.07, 6.45) is 5.73. The Bertz CT molecular complexity index is 243. The highest BCUT2D eigenvalue weighted by Gasteiger charge is 2.13. The molecule has 1 heterocycles. The smallest absolute Gasteiger partial charge is 0.133 e. The highest BCUT2D eigenvalue weighted by molar-refractivity contribution is 5.78. The Morgan fingerprint density at radius 2 is 2.33 bits per heavy atom. The maximum absolute atomic E-state index is 11.5. The molecular weight excluding hydrogens is 186 g/mol. The highest BCUT2D eigenvalue weighted by Crippen LogP contribution is 2.16. The second-order valence-corrected chi connectivity index (χ2v) is 4.22. The molecule has 1 aliphatic rings. The second kappa shape index (κ2) is 7.48. The molecule has 1 fully saturated rings. The van der Waals surface area contributed by atoms with E-state index in [1.54, 1.807) is 0 Å². The van der Waals surface area contributed by atoms with Gasteiger partial charge < -0.3 is 5.32 Å². The summed E-state index contributed by atoms with van der Waals surface area (Å²) in [7, 11) is 0. The van der Waals surface area contributed by atoms with Crippen LogP contribution in [0, 0.1) is 17.8 Å². The summed E-state index contributed by atoms with van der Waals surface area (Å²) in [5.74, 6) is 6.85. The second-order valence-electron chi connectivity index (χ2n) is 4.22. The lowest BCUT2D eigenvalue weighted by Crippen LogP contribution is -2.29. The fraction of sp³-hybridized carbons (Fsp3) is 0.769. The molecule has 2 heteroatoms. The van der Waals surface area contributed by atoms with Crippen molar-refractivity contribution in [3.8, 4) is 11.8 Å². The minimum absolute atomic E-state index is 0.378. The predicted octanol–water partition coefficient (Wildman–Crippen LogP) is 2.14. The van der Waals surface area contributed by atoms with Crippen molar-refractivity contribution in [3.63, 3.8) is 0 Å². The first-order valence-electron chi connectivity index (χ1n) is 5.95. The average molecular weight is 207 g/mol. The summed E-state index contributed by atoms with van der Waals surface area (Å²) in [4.78, 5) is 11.5. The Morgan fingerprint density at radius 1 is 1.47 bits per heavy atom. The number of nitrogens with one attached hydrogen (secondary N) is 1. The molecule has 0 aliphatic carbocycles. The number of piperidine rings is 1. The van der Waals surface area contributed by atoms with Crippen LogP contribution in [0.4, 0.5) is 0 Å². The molecule has 84 valence electrons. The van der Waals surface area contributed by atoms with Crippen molar-refractivity contribution in [2.45, 2.75) is 45.4 Å². The van der Waals surface area contributed by atoms with Gasteiger partial charge in [-0.1, -0.05) is 0 Å². The van der Waals surface area contributed by atoms with E-state index in [9.17, 15) is 4.79 Å². The highest BCUT2D eigenvalue weighted by atomic mass is 16.1. The Labute approximate surface area is 92.8 Å². The van der Waals surface area contributed by atoms with E-state index >= 15 is 0 Å². The molecule has 1 N–H and O–H groups in total. The third-order valence-corrected chi connectivity index (χ3v) is 2.94. The number of ketones is 1. The third kappa shape index (κ3) is 5.59. The van der Waals surface area contributed by atoms with E-state index in [4.69, 9.17) is 0 Å². The molecule has 1 aliphatic heterocycles. The summed E-state index contributed by atoms with van der Waals surface area (Å²) in [5, 5.41) is 3.38. The normalized spacial score (nSPS) is 20.5. The fourth-order valence-electron chi connectivity index (χ4n) is 1.99. The molecule has 0 bridgehead atoms. The van der Waals surface area contributed by atoms with Gasteiger partial charge in [0.1, 0.15) is 5.78 Å². The van der Waals surface area contributed by atoms with Crippen LogP contribution in [0.25, 0.3) is 0 Å². The van der Waals surface area contributed by atoms with E-state index in [0.29, 0.717) is 12.2 Å². The van der Waals surface area contributed by atoms with Crippen molar-refractivity contribution in [2.24, 2.45) is 5.92 Å². The van der Waals surface area contributed by atoms with Gasteiger partial charge in [-0.25, -0.2) is 0 Å². The van der Waals surface area contributed by atoms with Crippen LogP contribution in [-0.2, 0) is 4.79 Å². The predicted molar refractivity (Wildman–Crippen MR) is 62.5 cm³/mol. The zero-order valence-corrected chi connectivity index (χ0v) is 9.64. The maximum Gasteiger partial charge on any atom is 0.133 e. The molecule has 0 aromatic heterocycles. The molecule has 1 rings (SSSR count). The van der Waals surface area contributed by atoms with Crippen molar-refractivity contribution >= 4 is 5.78 Å². The van der Waals surface area contributed by atoms with Gasteiger partial charge >= 0.3 is 0 Å². The zero-order chi connectivity index (χ0) is 10.9. The van der Waals surface area contributed by atoms with Gasteiger partial charge in [0, 0.05) is 19.3 Å². The Morgan fingerprint density at radius 3 is 3.00 bits per heavy atom. The van der Waals surface area contributed by atoms with Gasteiger partial charge in [-0.15, -0.1) is 11.8 Å². The van der Waals surface area contributed by atoms with Gasteiger partial charge in [-0.2, -0.15) is 0 Å². The van der Waals surface area contributed by atoms with Crippen LogP contribution in [0.3, 0.4) is 0 Å². The van der Waals surface area contributed by atoms with E-state index < -0.39 is 0 Å². The molecule has 1 unspecified atom stereocenters. The van der Waals surface area contributed by atoms with Crippen LogP contribution < -0.4 is 5.32 Å². The number of Topliss-reactive ketones (excluding diaryl/α,β-unsaturated/α-hetero) is 1. The first-order valence-corrected chi connectivity index (χ1v) is 5.95. The van der Waals surface area contributed by atoms with Crippen LogP contribution in [0.5, 0.6) is 0 Å². The minimum atomic E-state index is 0.378. The minimum Gasteiger partial charge on any atom is -0.316 e. The Hall–Kier alpha value is -0.810. The number of hydrogen-bond donors (Lipinski definition) is 1. The van der Waals surface area contributed by atoms with E-state index in [0.717, 1.165) is 38.3 Å². The Balaban J connectivity index is 2.06. The van der Waals surface area contributed by atoms with Crippen LogP contribution in [0.2, 0.25) is 0 Å². The van der Waals surface area contributed by atoms with Crippen LogP contribution in [0.15, 0.2) is 0 Å². The third-order valence-electron chi connectivity index (χ3n) is 2.94. The number of carbonyl (C=O) groups is 1. The fourth-order valence-corrected chi connectivity index (χ4v) is 1.99. The van der Waals surface area contributed by atoms with E-state index in [2.05, 4.69) is 17.2 Å². The summed E-state index contributed by atoms with van der Waals surface area (Å²) < 4.78 is 0. The van der Waals surface area contributed by atoms with Crippen LogP contribution >= 0.6 is 0 Å². The van der Waals surface area contributed by atoms with Gasteiger partial charge in [0.15, 0.2) is 0 Å². The zero-order valence-electron chi connectivity index (χ0n) is 9.64. The molecule has 0 saturated carbocycles. The topological polar surface area (TPSA) is 29.1 Å². The first-order chi connectivity index (χ1) is 7.33. The largest absolute Gasteiger partial charge is 0.316 e. The maximum atomic E-state index is 11.5.